The Morgan fingerprint density at radius 1 is 1.35 bits per heavy atom. The van der Waals surface area contributed by atoms with Gasteiger partial charge < -0.3 is 10.0 Å². The van der Waals surface area contributed by atoms with E-state index in [9.17, 15) is 9.50 Å². The van der Waals surface area contributed by atoms with E-state index in [0.29, 0.717) is 23.2 Å². The van der Waals surface area contributed by atoms with E-state index in [0.717, 1.165) is 0 Å². The minimum absolute atomic E-state index is 0.251. The Labute approximate surface area is 102 Å². The largest absolute Gasteiger partial charge is 0.389 e. The molecular formula is C14H20FNO. The third-order valence-electron chi connectivity index (χ3n) is 3.75. The van der Waals surface area contributed by atoms with E-state index in [1.807, 2.05) is 11.9 Å². The lowest BCUT2D eigenvalue weighted by Gasteiger charge is -2.27. The van der Waals surface area contributed by atoms with Gasteiger partial charge in [-0.25, -0.2) is 4.39 Å². The molecule has 0 spiro atoms. The van der Waals surface area contributed by atoms with Crippen LogP contribution in [0.3, 0.4) is 0 Å². The molecule has 0 aliphatic heterocycles. The lowest BCUT2D eigenvalue weighted by Crippen LogP contribution is -2.31. The lowest BCUT2D eigenvalue weighted by atomic mass is 10.1. The van der Waals surface area contributed by atoms with E-state index in [-0.39, 0.29) is 5.82 Å². The van der Waals surface area contributed by atoms with Gasteiger partial charge in [-0.3, -0.25) is 0 Å². The summed E-state index contributed by atoms with van der Waals surface area (Å²) in [5.41, 5.74) is 1.24. The molecule has 1 fully saturated rings. The summed E-state index contributed by atoms with van der Waals surface area (Å²) in [5.74, 6) is 0.453. The van der Waals surface area contributed by atoms with Gasteiger partial charge in [0.25, 0.3) is 0 Å². The molecule has 1 unspecified atom stereocenters. The van der Waals surface area contributed by atoms with Crippen LogP contribution in [0.1, 0.15) is 38.4 Å². The van der Waals surface area contributed by atoms with Crippen molar-refractivity contribution in [3.63, 3.8) is 0 Å². The van der Waals surface area contributed by atoms with Crippen LogP contribution in [0.4, 0.5) is 10.1 Å². The molecule has 1 aromatic carbocycles. The molecule has 0 heterocycles. The number of aliphatic hydroxyl groups excluding tert-OH is 1. The number of aliphatic hydroxyl groups is 1. The standard InChI is InChI=1S/C14H20FNO/c1-9(11-4-5-11)16(3)14-7-6-12(10(2)17)8-13(14)15/h6-11,17H,4-5H2,1-3H3/t9?,10-/m0/s1. The van der Waals surface area contributed by atoms with Gasteiger partial charge in [-0.05, 0) is 50.3 Å². The molecule has 0 aromatic heterocycles. The molecule has 2 atom stereocenters. The van der Waals surface area contributed by atoms with E-state index in [4.69, 9.17) is 0 Å². The monoisotopic (exact) mass is 237 g/mol. The second-order valence-electron chi connectivity index (χ2n) is 5.08. The van der Waals surface area contributed by atoms with Crippen molar-refractivity contribution in [2.75, 3.05) is 11.9 Å². The quantitative estimate of drug-likeness (QED) is 0.869. The van der Waals surface area contributed by atoms with E-state index < -0.39 is 6.10 Å². The third-order valence-corrected chi connectivity index (χ3v) is 3.75. The van der Waals surface area contributed by atoms with Gasteiger partial charge in [0.2, 0.25) is 0 Å². The molecule has 0 saturated heterocycles. The molecule has 1 aliphatic carbocycles. The maximum atomic E-state index is 14.0. The van der Waals surface area contributed by atoms with Crippen LogP contribution in [0.15, 0.2) is 18.2 Å². The Balaban J connectivity index is 2.20. The molecular weight excluding hydrogens is 217 g/mol. The normalized spacial score (nSPS) is 18.9. The molecule has 0 amide bonds. The van der Waals surface area contributed by atoms with Crippen molar-refractivity contribution >= 4 is 5.69 Å². The highest BCUT2D eigenvalue weighted by Crippen LogP contribution is 2.37. The Kier molecular flexibility index (Phi) is 3.38. The van der Waals surface area contributed by atoms with Gasteiger partial charge in [-0.1, -0.05) is 6.07 Å². The van der Waals surface area contributed by atoms with Crippen LogP contribution in [0.2, 0.25) is 0 Å². The van der Waals surface area contributed by atoms with Crippen LogP contribution < -0.4 is 4.90 Å². The molecule has 1 aromatic rings. The predicted octanol–water partition coefficient (Wildman–Crippen LogP) is 3.11. The van der Waals surface area contributed by atoms with Gasteiger partial charge in [0.1, 0.15) is 5.82 Å². The Hall–Kier alpha value is -1.09. The summed E-state index contributed by atoms with van der Waals surface area (Å²) >= 11 is 0. The van der Waals surface area contributed by atoms with E-state index in [2.05, 4.69) is 6.92 Å². The first-order valence-electron chi connectivity index (χ1n) is 6.21. The van der Waals surface area contributed by atoms with Crippen LogP contribution in [0.5, 0.6) is 0 Å². The van der Waals surface area contributed by atoms with Gasteiger partial charge in [0.05, 0.1) is 11.8 Å². The second kappa shape index (κ2) is 4.65. The zero-order chi connectivity index (χ0) is 12.6. The molecule has 1 saturated carbocycles. The fraction of sp³-hybridized carbons (Fsp3) is 0.571. The minimum Gasteiger partial charge on any atom is -0.389 e. The van der Waals surface area contributed by atoms with Crippen LogP contribution in [0.25, 0.3) is 0 Å². The van der Waals surface area contributed by atoms with Crippen molar-refractivity contribution in [3.05, 3.63) is 29.6 Å². The first-order chi connectivity index (χ1) is 8.00. The summed E-state index contributed by atoms with van der Waals surface area (Å²) in [6, 6.07) is 5.35. The van der Waals surface area contributed by atoms with Gasteiger partial charge in [-0.15, -0.1) is 0 Å². The van der Waals surface area contributed by atoms with Crippen LogP contribution in [-0.2, 0) is 0 Å². The Bertz CT molecular complexity index is 401. The molecule has 1 N–H and O–H groups in total. The highest BCUT2D eigenvalue weighted by Gasteiger charge is 2.31. The lowest BCUT2D eigenvalue weighted by molar-refractivity contribution is 0.199. The SMILES string of the molecule is CC(C1CC1)N(C)c1ccc([C@H](C)O)cc1F. The molecule has 2 rings (SSSR count). The fourth-order valence-corrected chi connectivity index (χ4v) is 2.18. The van der Waals surface area contributed by atoms with Crippen molar-refractivity contribution in [2.45, 2.75) is 38.8 Å². The number of rotatable bonds is 4. The highest BCUT2D eigenvalue weighted by molar-refractivity contribution is 5.49. The number of nitrogens with zero attached hydrogens (tertiary/aromatic N) is 1. The van der Waals surface area contributed by atoms with Gasteiger partial charge >= 0.3 is 0 Å². The average molecular weight is 237 g/mol. The van der Waals surface area contributed by atoms with Crippen molar-refractivity contribution in [1.82, 2.24) is 0 Å². The number of hydrogen-bond donors (Lipinski definition) is 1. The van der Waals surface area contributed by atoms with Crippen molar-refractivity contribution in [2.24, 2.45) is 5.92 Å². The van der Waals surface area contributed by atoms with Gasteiger partial charge in [0.15, 0.2) is 0 Å². The molecule has 2 nitrogen and oxygen atoms in total. The average Bonchev–Trinajstić information content (AvgIpc) is 3.10. The molecule has 94 valence electrons. The van der Waals surface area contributed by atoms with Crippen molar-refractivity contribution in [3.8, 4) is 0 Å². The fourth-order valence-electron chi connectivity index (χ4n) is 2.18. The molecule has 1 aliphatic rings. The summed E-state index contributed by atoms with van der Waals surface area (Å²) in [7, 11) is 1.93. The number of benzene rings is 1. The zero-order valence-electron chi connectivity index (χ0n) is 10.7. The number of hydrogen-bond acceptors (Lipinski definition) is 2. The molecule has 0 radical (unpaired) electrons. The van der Waals surface area contributed by atoms with Crippen LogP contribution >= 0.6 is 0 Å². The first kappa shape index (κ1) is 12.4. The number of anilines is 1. The Morgan fingerprint density at radius 2 is 2.00 bits per heavy atom. The van der Waals surface area contributed by atoms with E-state index in [1.54, 1.807) is 19.1 Å². The third kappa shape index (κ3) is 2.60. The maximum Gasteiger partial charge on any atom is 0.146 e. The maximum absolute atomic E-state index is 14.0. The zero-order valence-corrected chi connectivity index (χ0v) is 10.7. The Morgan fingerprint density at radius 3 is 2.47 bits per heavy atom. The summed E-state index contributed by atoms with van der Waals surface area (Å²) in [5, 5.41) is 9.40. The summed E-state index contributed by atoms with van der Waals surface area (Å²) < 4.78 is 14.0. The van der Waals surface area contributed by atoms with Gasteiger partial charge in [0, 0.05) is 13.1 Å². The molecule has 17 heavy (non-hydrogen) atoms. The predicted molar refractivity (Wildman–Crippen MR) is 67.6 cm³/mol. The van der Waals surface area contributed by atoms with Crippen molar-refractivity contribution in [1.29, 1.82) is 0 Å². The topological polar surface area (TPSA) is 23.5 Å². The smallest absolute Gasteiger partial charge is 0.146 e. The first-order valence-corrected chi connectivity index (χ1v) is 6.21. The number of halogens is 1. The second-order valence-corrected chi connectivity index (χ2v) is 5.08. The highest BCUT2D eigenvalue weighted by atomic mass is 19.1. The van der Waals surface area contributed by atoms with E-state index in [1.165, 1.54) is 18.9 Å². The van der Waals surface area contributed by atoms with Crippen LogP contribution in [-0.4, -0.2) is 18.2 Å². The minimum atomic E-state index is -0.621. The summed E-state index contributed by atoms with van der Waals surface area (Å²) in [4.78, 5) is 2.00. The van der Waals surface area contributed by atoms with Crippen LogP contribution in [0, 0.1) is 11.7 Å². The van der Waals surface area contributed by atoms with Gasteiger partial charge in [-0.2, -0.15) is 0 Å². The molecule has 0 bridgehead atoms. The molecule has 3 heteroatoms. The summed E-state index contributed by atoms with van der Waals surface area (Å²) in [6.45, 7) is 3.78. The van der Waals surface area contributed by atoms with Crippen molar-refractivity contribution < 1.29 is 9.50 Å². The van der Waals surface area contributed by atoms with E-state index >= 15 is 0 Å². The summed E-state index contributed by atoms with van der Waals surface area (Å²) in [6.07, 6.45) is 1.88.